The van der Waals surface area contributed by atoms with Gasteiger partial charge in [0.15, 0.2) is 0 Å². The van der Waals surface area contributed by atoms with Crippen molar-refractivity contribution in [3.63, 3.8) is 0 Å². The number of rotatable bonds is 4. The molecule has 0 saturated heterocycles. The maximum atomic E-state index is 6.16. The van der Waals surface area contributed by atoms with Crippen molar-refractivity contribution in [2.24, 2.45) is 11.8 Å². The Labute approximate surface area is 106 Å². The lowest BCUT2D eigenvalue weighted by Gasteiger charge is -2.30. The van der Waals surface area contributed by atoms with E-state index in [1.54, 1.807) is 6.07 Å². The van der Waals surface area contributed by atoms with Crippen LogP contribution < -0.4 is 11.3 Å². The third-order valence-corrected chi connectivity index (χ3v) is 3.91. The summed E-state index contributed by atoms with van der Waals surface area (Å²) in [4.78, 5) is 0. The molecule has 1 atom stereocenters. The molecule has 16 heavy (non-hydrogen) atoms. The summed E-state index contributed by atoms with van der Waals surface area (Å²) in [5.74, 6) is 6.37. The third kappa shape index (κ3) is 2.69. The Balaban J connectivity index is 2.14. The van der Waals surface area contributed by atoms with Crippen LogP contribution in [0.1, 0.15) is 37.3 Å². The highest BCUT2D eigenvalue weighted by Gasteiger charge is 2.23. The summed E-state index contributed by atoms with van der Waals surface area (Å²) >= 11 is 12.1. The zero-order valence-corrected chi connectivity index (χ0v) is 10.6. The van der Waals surface area contributed by atoms with Crippen molar-refractivity contribution in [2.45, 2.75) is 31.7 Å². The second-order valence-corrected chi connectivity index (χ2v) is 5.26. The molecular formula is C12H16Cl2N2. The molecule has 4 heteroatoms. The van der Waals surface area contributed by atoms with Crippen molar-refractivity contribution >= 4 is 23.2 Å². The van der Waals surface area contributed by atoms with Crippen LogP contribution in [0, 0.1) is 5.92 Å². The van der Waals surface area contributed by atoms with Crippen molar-refractivity contribution in [1.29, 1.82) is 0 Å². The molecule has 1 aromatic carbocycles. The Morgan fingerprint density at radius 2 is 2.12 bits per heavy atom. The fourth-order valence-electron chi connectivity index (χ4n) is 2.13. The Morgan fingerprint density at radius 3 is 2.69 bits per heavy atom. The average molecular weight is 259 g/mol. The molecule has 0 heterocycles. The Kier molecular flexibility index (Phi) is 4.09. The van der Waals surface area contributed by atoms with E-state index in [-0.39, 0.29) is 6.04 Å². The molecule has 88 valence electrons. The van der Waals surface area contributed by atoms with Gasteiger partial charge in [0.1, 0.15) is 0 Å². The lowest BCUT2D eigenvalue weighted by molar-refractivity contribution is 0.262. The predicted octanol–water partition coefficient (Wildman–Crippen LogP) is 3.69. The van der Waals surface area contributed by atoms with Crippen LogP contribution in [0.5, 0.6) is 0 Å². The number of hydrogen-bond acceptors (Lipinski definition) is 2. The number of nitrogens with one attached hydrogen (secondary N) is 1. The highest BCUT2D eigenvalue weighted by Crippen LogP contribution is 2.36. The van der Waals surface area contributed by atoms with Crippen LogP contribution in [-0.4, -0.2) is 0 Å². The summed E-state index contributed by atoms with van der Waals surface area (Å²) in [6.07, 6.45) is 4.98. The van der Waals surface area contributed by atoms with Crippen molar-refractivity contribution in [3.8, 4) is 0 Å². The van der Waals surface area contributed by atoms with Crippen molar-refractivity contribution in [1.82, 2.24) is 5.43 Å². The Hall–Kier alpha value is -0.280. The second kappa shape index (κ2) is 5.37. The van der Waals surface area contributed by atoms with Gasteiger partial charge in [-0.25, -0.2) is 0 Å². The van der Waals surface area contributed by atoms with Crippen LogP contribution >= 0.6 is 23.2 Å². The summed E-state index contributed by atoms with van der Waals surface area (Å²) in [6.45, 7) is 0. The zero-order valence-electron chi connectivity index (χ0n) is 9.05. The molecule has 1 fully saturated rings. The second-order valence-electron chi connectivity index (χ2n) is 4.42. The minimum atomic E-state index is 0.108. The minimum Gasteiger partial charge on any atom is -0.271 e. The Bertz CT molecular complexity index is 364. The van der Waals surface area contributed by atoms with Crippen LogP contribution in [-0.2, 0) is 0 Å². The normalized spacial score (nSPS) is 18.2. The standard InChI is InChI=1S/C12H16Cl2N2/c13-9-4-5-11(14)10(7-9)12(16-15)6-8-2-1-3-8/h4-5,7-8,12,16H,1-3,6,15H2. The number of benzene rings is 1. The van der Waals surface area contributed by atoms with Gasteiger partial charge in [-0.15, -0.1) is 0 Å². The van der Waals surface area contributed by atoms with Gasteiger partial charge in [-0.1, -0.05) is 42.5 Å². The van der Waals surface area contributed by atoms with Gasteiger partial charge in [0.05, 0.1) is 0 Å². The first-order valence-corrected chi connectivity index (χ1v) is 6.37. The molecule has 0 amide bonds. The molecule has 0 aromatic heterocycles. The van der Waals surface area contributed by atoms with E-state index < -0.39 is 0 Å². The quantitative estimate of drug-likeness (QED) is 0.639. The molecule has 0 radical (unpaired) electrons. The lowest BCUT2D eigenvalue weighted by atomic mass is 9.80. The van der Waals surface area contributed by atoms with Crippen LogP contribution in [0.25, 0.3) is 0 Å². The zero-order chi connectivity index (χ0) is 11.5. The third-order valence-electron chi connectivity index (χ3n) is 3.33. The predicted molar refractivity (Wildman–Crippen MR) is 68.5 cm³/mol. The van der Waals surface area contributed by atoms with Crippen LogP contribution in [0.15, 0.2) is 18.2 Å². The van der Waals surface area contributed by atoms with Crippen molar-refractivity contribution in [2.75, 3.05) is 0 Å². The van der Waals surface area contributed by atoms with E-state index in [4.69, 9.17) is 29.0 Å². The van der Waals surface area contributed by atoms with E-state index in [0.717, 1.165) is 22.9 Å². The van der Waals surface area contributed by atoms with Crippen molar-refractivity contribution < 1.29 is 0 Å². The van der Waals surface area contributed by atoms with Gasteiger partial charge in [0.25, 0.3) is 0 Å². The molecule has 3 N–H and O–H groups in total. The van der Waals surface area contributed by atoms with Gasteiger partial charge in [-0.2, -0.15) is 0 Å². The monoisotopic (exact) mass is 258 g/mol. The molecule has 1 saturated carbocycles. The summed E-state index contributed by atoms with van der Waals surface area (Å²) < 4.78 is 0. The molecule has 1 unspecified atom stereocenters. The summed E-state index contributed by atoms with van der Waals surface area (Å²) in [5, 5.41) is 1.43. The topological polar surface area (TPSA) is 38.0 Å². The largest absolute Gasteiger partial charge is 0.271 e. The number of halogens is 2. The summed E-state index contributed by atoms with van der Waals surface area (Å²) in [7, 11) is 0. The molecule has 1 aliphatic carbocycles. The highest BCUT2D eigenvalue weighted by molar-refractivity contribution is 6.33. The maximum absolute atomic E-state index is 6.16. The van der Waals surface area contributed by atoms with Gasteiger partial charge < -0.3 is 0 Å². The molecule has 1 aromatic rings. The molecule has 2 rings (SSSR count). The average Bonchev–Trinajstić information content (AvgIpc) is 2.21. The van der Waals surface area contributed by atoms with Gasteiger partial charge in [0.2, 0.25) is 0 Å². The van der Waals surface area contributed by atoms with Gasteiger partial charge in [-0.05, 0) is 36.1 Å². The maximum Gasteiger partial charge on any atom is 0.0477 e. The van der Waals surface area contributed by atoms with E-state index >= 15 is 0 Å². The van der Waals surface area contributed by atoms with Crippen LogP contribution in [0.2, 0.25) is 10.0 Å². The number of hydrazine groups is 1. The first-order chi connectivity index (χ1) is 7.70. The first kappa shape index (κ1) is 12.2. The van der Waals surface area contributed by atoms with Crippen LogP contribution in [0.3, 0.4) is 0 Å². The summed E-state index contributed by atoms with van der Waals surface area (Å²) in [5.41, 5.74) is 3.85. The first-order valence-electron chi connectivity index (χ1n) is 5.62. The van der Waals surface area contributed by atoms with Gasteiger partial charge in [0, 0.05) is 16.1 Å². The fraction of sp³-hybridized carbons (Fsp3) is 0.500. The lowest BCUT2D eigenvalue weighted by Crippen LogP contribution is -2.31. The van der Waals surface area contributed by atoms with Gasteiger partial charge in [-0.3, -0.25) is 11.3 Å². The molecular weight excluding hydrogens is 243 g/mol. The Morgan fingerprint density at radius 1 is 1.38 bits per heavy atom. The fourth-order valence-corrected chi connectivity index (χ4v) is 2.56. The number of nitrogens with two attached hydrogens (primary N) is 1. The smallest absolute Gasteiger partial charge is 0.0477 e. The van der Waals surface area contributed by atoms with E-state index in [1.807, 2.05) is 12.1 Å². The van der Waals surface area contributed by atoms with E-state index in [0.29, 0.717) is 5.02 Å². The molecule has 2 nitrogen and oxygen atoms in total. The molecule has 1 aliphatic rings. The highest BCUT2D eigenvalue weighted by atomic mass is 35.5. The SMILES string of the molecule is NNC(CC1CCC1)c1cc(Cl)ccc1Cl. The van der Waals surface area contributed by atoms with Crippen molar-refractivity contribution in [3.05, 3.63) is 33.8 Å². The molecule has 0 bridgehead atoms. The summed E-state index contributed by atoms with van der Waals surface area (Å²) in [6, 6.07) is 5.62. The molecule has 0 spiro atoms. The van der Waals surface area contributed by atoms with E-state index in [2.05, 4.69) is 5.43 Å². The minimum absolute atomic E-state index is 0.108. The van der Waals surface area contributed by atoms with E-state index in [9.17, 15) is 0 Å². The van der Waals surface area contributed by atoms with Gasteiger partial charge >= 0.3 is 0 Å². The van der Waals surface area contributed by atoms with Crippen LogP contribution in [0.4, 0.5) is 0 Å². The molecule has 0 aliphatic heterocycles. The van der Waals surface area contributed by atoms with E-state index in [1.165, 1.54) is 19.3 Å². The number of hydrogen-bond donors (Lipinski definition) is 2.